The summed E-state index contributed by atoms with van der Waals surface area (Å²) in [7, 11) is 0. The molecule has 3 amide bonds. The lowest BCUT2D eigenvalue weighted by Gasteiger charge is -2.34. The lowest BCUT2D eigenvalue weighted by molar-refractivity contribution is 0.0936. The van der Waals surface area contributed by atoms with E-state index in [1.54, 1.807) is 0 Å². The van der Waals surface area contributed by atoms with E-state index >= 15 is 0 Å². The van der Waals surface area contributed by atoms with Crippen molar-refractivity contribution in [2.45, 2.75) is 39.2 Å². The third-order valence-electron chi connectivity index (χ3n) is 4.05. The van der Waals surface area contributed by atoms with Crippen LogP contribution in [0.3, 0.4) is 0 Å². The second kappa shape index (κ2) is 8.18. The fourth-order valence-corrected chi connectivity index (χ4v) is 3.35. The number of nitrogens with zero attached hydrogens (tertiary/aromatic N) is 1. The number of benzene rings is 1. The van der Waals surface area contributed by atoms with Crippen LogP contribution in [0.2, 0.25) is 0 Å². The first-order chi connectivity index (χ1) is 11.3. The zero-order chi connectivity index (χ0) is 17.7. The smallest absolute Gasteiger partial charge is 0.317 e. The summed E-state index contributed by atoms with van der Waals surface area (Å²) in [6, 6.07) is 7.59. The fourth-order valence-electron chi connectivity index (χ4n) is 2.72. The Bertz CT molecular complexity index is 590. The van der Waals surface area contributed by atoms with Crippen molar-refractivity contribution in [1.82, 2.24) is 15.5 Å². The molecule has 5 nitrogen and oxygen atoms in total. The molecule has 1 aromatic rings. The van der Waals surface area contributed by atoms with Gasteiger partial charge in [0.1, 0.15) is 0 Å². The van der Waals surface area contributed by atoms with Gasteiger partial charge in [-0.15, -0.1) is 0 Å². The Hall–Kier alpha value is -1.31. The molecule has 1 saturated heterocycles. The molecule has 2 rings (SSSR count). The van der Waals surface area contributed by atoms with Crippen LogP contribution in [-0.4, -0.2) is 42.0 Å². The van der Waals surface area contributed by atoms with E-state index in [-0.39, 0.29) is 17.5 Å². The van der Waals surface area contributed by atoms with Crippen LogP contribution in [0.4, 0.5) is 4.79 Å². The van der Waals surface area contributed by atoms with Crippen molar-refractivity contribution in [1.29, 1.82) is 0 Å². The highest BCUT2D eigenvalue weighted by molar-refractivity contribution is 14.1. The molecule has 0 aromatic heterocycles. The Morgan fingerprint density at radius 1 is 1.21 bits per heavy atom. The molecular formula is C18H26IN3O2. The average Bonchev–Trinajstić information content (AvgIpc) is 2.52. The Balaban J connectivity index is 1.76. The molecule has 0 atom stereocenters. The zero-order valence-corrected chi connectivity index (χ0v) is 16.7. The van der Waals surface area contributed by atoms with Gasteiger partial charge in [-0.2, -0.15) is 0 Å². The lowest BCUT2D eigenvalue weighted by Crippen LogP contribution is -2.51. The minimum absolute atomic E-state index is 0.00354. The Morgan fingerprint density at radius 3 is 2.42 bits per heavy atom. The number of rotatable bonds is 3. The van der Waals surface area contributed by atoms with Crippen molar-refractivity contribution in [2.75, 3.05) is 19.6 Å². The predicted octanol–water partition coefficient (Wildman–Crippen LogP) is 3.24. The average molecular weight is 443 g/mol. The molecule has 1 aliphatic heterocycles. The van der Waals surface area contributed by atoms with Crippen LogP contribution in [0.1, 0.15) is 44.0 Å². The number of hydrogen-bond donors (Lipinski definition) is 2. The SMILES string of the molecule is CC(C)(C)NC(=O)N1CCC(CNC(=O)c2ccccc2I)CC1. The van der Waals surface area contributed by atoms with Gasteiger partial charge < -0.3 is 15.5 Å². The summed E-state index contributed by atoms with van der Waals surface area (Å²) in [6.45, 7) is 8.10. The number of amides is 3. The van der Waals surface area contributed by atoms with E-state index in [0.717, 1.165) is 35.1 Å². The Kier molecular flexibility index (Phi) is 6.48. The summed E-state index contributed by atoms with van der Waals surface area (Å²) in [5.74, 6) is 0.405. The summed E-state index contributed by atoms with van der Waals surface area (Å²) in [5, 5.41) is 6.03. The van der Waals surface area contributed by atoms with Crippen LogP contribution in [-0.2, 0) is 0 Å². The van der Waals surface area contributed by atoms with Gasteiger partial charge in [-0.05, 0) is 74.3 Å². The molecule has 132 valence electrons. The Labute approximate surface area is 157 Å². The first-order valence-electron chi connectivity index (χ1n) is 8.36. The summed E-state index contributed by atoms with van der Waals surface area (Å²) < 4.78 is 0.960. The number of carbonyl (C=O) groups excluding carboxylic acids is 2. The molecule has 1 aromatic carbocycles. The predicted molar refractivity (Wildman–Crippen MR) is 104 cm³/mol. The Morgan fingerprint density at radius 2 is 1.83 bits per heavy atom. The third-order valence-corrected chi connectivity index (χ3v) is 4.99. The molecule has 6 heteroatoms. The number of likely N-dealkylation sites (tertiary alicyclic amines) is 1. The van der Waals surface area contributed by atoms with Gasteiger partial charge in [0.25, 0.3) is 5.91 Å². The highest BCUT2D eigenvalue weighted by Gasteiger charge is 2.25. The molecule has 0 bridgehead atoms. The largest absolute Gasteiger partial charge is 0.352 e. The van der Waals surface area contributed by atoms with E-state index in [1.807, 2.05) is 49.9 Å². The van der Waals surface area contributed by atoms with E-state index in [0.29, 0.717) is 12.5 Å². The lowest BCUT2D eigenvalue weighted by atomic mass is 9.96. The van der Waals surface area contributed by atoms with Crippen molar-refractivity contribution in [3.63, 3.8) is 0 Å². The van der Waals surface area contributed by atoms with E-state index < -0.39 is 0 Å². The van der Waals surface area contributed by atoms with Crippen LogP contribution in [0.25, 0.3) is 0 Å². The first kappa shape index (κ1) is 19.0. The van der Waals surface area contributed by atoms with Gasteiger partial charge in [-0.3, -0.25) is 4.79 Å². The van der Waals surface area contributed by atoms with Crippen molar-refractivity contribution >= 4 is 34.5 Å². The fraction of sp³-hybridized carbons (Fsp3) is 0.556. The highest BCUT2D eigenvalue weighted by Crippen LogP contribution is 2.18. The number of hydrogen-bond acceptors (Lipinski definition) is 2. The normalized spacial score (nSPS) is 15.9. The van der Waals surface area contributed by atoms with Crippen molar-refractivity contribution < 1.29 is 9.59 Å². The number of halogens is 1. The molecule has 0 spiro atoms. The van der Waals surface area contributed by atoms with Crippen LogP contribution in [0, 0.1) is 9.49 Å². The minimum Gasteiger partial charge on any atom is -0.352 e. The third kappa shape index (κ3) is 5.65. The first-order valence-corrected chi connectivity index (χ1v) is 9.44. The van der Waals surface area contributed by atoms with Gasteiger partial charge in [0.15, 0.2) is 0 Å². The molecule has 1 aliphatic rings. The zero-order valence-electron chi connectivity index (χ0n) is 14.6. The molecule has 0 saturated carbocycles. The van der Waals surface area contributed by atoms with Gasteiger partial charge in [-0.25, -0.2) is 4.79 Å². The molecule has 1 fully saturated rings. The van der Waals surface area contributed by atoms with E-state index in [2.05, 4.69) is 33.2 Å². The summed E-state index contributed by atoms with van der Waals surface area (Å²) >= 11 is 2.18. The van der Waals surface area contributed by atoms with Gasteiger partial charge in [0.05, 0.1) is 5.56 Å². The molecule has 0 radical (unpaired) electrons. The summed E-state index contributed by atoms with van der Waals surface area (Å²) in [6.07, 6.45) is 1.84. The quantitative estimate of drug-likeness (QED) is 0.705. The van der Waals surface area contributed by atoms with Crippen molar-refractivity contribution in [2.24, 2.45) is 5.92 Å². The van der Waals surface area contributed by atoms with Crippen LogP contribution < -0.4 is 10.6 Å². The van der Waals surface area contributed by atoms with Gasteiger partial charge >= 0.3 is 6.03 Å². The van der Waals surface area contributed by atoms with Crippen molar-refractivity contribution in [3.8, 4) is 0 Å². The van der Waals surface area contributed by atoms with Gasteiger partial charge in [0, 0.05) is 28.7 Å². The molecule has 0 aliphatic carbocycles. The minimum atomic E-state index is -0.214. The van der Waals surface area contributed by atoms with Crippen LogP contribution in [0.15, 0.2) is 24.3 Å². The van der Waals surface area contributed by atoms with E-state index in [9.17, 15) is 9.59 Å². The maximum Gasteiger partial charge on any atom is 0.317 e. The topological polar surface area (TPSA) is 61.4 Å². The molecule has 24 heavy (non-hydrogen) atoms. The molecule has 0 unspecified atom stereocenters. The summed E-state index contributed by atoms with van der Waals surface area (Å²) in [5.41, 5.74) is 0.509. The number of carbonyl (C=O) groups is 2. The second-order valence-corrected chi connectivity index (χ2v) is 8.46. The molecule has 1 heterocycles. The molecular weight excluding hydrogens is 417 g/mol. The second-order valence-electron chi connectivity index (χ2n) is 7.30. The van der Waals surface area contributed by atoms with E-state index in [1.165, 1.54) is 0 Å². The van der Waals surface area contributed by atoms with Crippen molar-refractivity contribution in [3.05, 3.63) is 33.4 Å². The number of urea groups is 1. The van der Waals surface area contributed by atoms with Crippen LogP contribution >= 0.6 is 22.6 Å². The maximum atomic E-state index is 12.2. The monoisotopic (exact) mass is 443 g/mol. The highest BCUT2D eigenvalue weighted by atomic mass is 127. The van der Waals surface area contributed by atoms with Gasteiger partial charge in [0.2, 0.25) is 0 Å². The standard InChI is InChI=1S/C18H26IN3O2/c1-18(2,3)21-17(24)22-10-8-13(9-11-22)12-20-16(23)14-6-4-5-7-15(14)19/h4-7,13H,8-12H2,1-3H3,(H,20,23)(H,21,24). The van der Waals surface area contributed by atoms with E-state index in [4.69, 9.17) is 0 Å². The number of piperidine rings is 1. The summed E-state index contributed by atoms with van der Waals surface area (Å²) in [4.78, 5) is 26.3. The van der Waals surface area contributed by atoms with Gasteiger partial charge in [-0.1, -0.05) is 12.1 Å². The molecule has 2 N–H and O–H groups in total. The van der Waals surface area contributed by atoms with Crippen LogP contribution in [0.5, 0.6) is 0 Å². The maximum absolute atomic E-state index is 12.2. The number of nitrogens with one attached hydrogen (secondary N) is 2.